The molecular formula is C4H8AgNO3S. The third kappa shape index (κ3) is 15.7. The summed E-state index contributed by atoms with van der Waals surface area (Å²) in [5.74, 6) is 2.83. The Morgan fingerprint density at radius 2 is 1.50 bits per heavy atom. The molecule has 10 heavy (non-hydrogen) atoms. The Kier molecular flexibility index (Phi) is 12.0. The second-order valence-corrected chi connectivity index (χ2v) is 2.77. The van der Waals surface area contributed by atoms with Gasteiger partial charge in [-0.3, -0.25) is 0 Å². The van der Waals surface area contributed by atoms with E-state index in [2.05, 4.69) is 11.8 Å². The van der Waals surface area contributed by atoms with Crippen LogP contribution in [-0.4, -0.2) is 16.6 Å². The van der Waals surface area contributed by atoms with Crippen LogP contribution in [0.5, 0.6) is 0 Å². The number of thioether (sulfide) groups is 1. The molecule has 64 valence electrons. The molecule has 0 N–H and O–H groups in total. The molecule has 1 saturated heterocycles. The van der Waals surface area contributed by atoms with Crippen LogP contribution in [0.2, 0.25) is 0 Å². The quantitative estimate of drug-likeness (QED) is 0.373. The number of hydrogen-bond acceptors (Lipinski definition) is 4. The summed E-state index contributed by atoms with van der Waals surface area (Å²) in [6.45, 7) is 0. The van der Waals surface area contributed by atoms with Crippen molar-refractivity contribution in [2.24, 2.45) is 0 Å². The van der Waals surface area contributed by atoms with Crippen molar-refractivity contribution in [2.75, 3.05) is 11.5 Å². The van der Waals surface area contributed by atoms with Crippen molar-refractivity contribution >= 4 is 11.8 Å². The van der Waals surface area contributed by atoms with Gasteiger partial charge in [0.2, 0.25) is 0 Å². The molecule has 4 nitrogen and oxygen atoms in total. The first kappa shape index (κ1) is 12.9. The van der Waals surface area contributed by atoms with Gasteiger partial charge < -0.3 is 15.3 Å². The van der Waals surface area contributed by atoms with Crippen LogP contribution in [-0.2, 0) is 22.4 Å². The minimum absolute atomic E-state index is 0. The second-order valence-electron chi connectivity index (χ2n) is 1.54. The van der Waals surface area contributed by atoms with Crippen LogP contribution in [0.25, 0.3) is 0 Å². The fourth-order valence-electron chi connectivity index (χ4n) is 0.510. The molecular weight excluding hydrogens is 250 g/mol. The maximum absolute atomic E-state index is 8.25. The van der Waals surface area contributed by atoms with Gasteiger partial charge in [-0.05, 0) is 24.3 Å². The van der Waals surface area contributed by atoms with Gasteiger partial charge >= 0.3 is 22.4 Å². The van der Waals surface area contributed by atoms with Crippen molar-refractivity contribution in [3.63, 3.8) is 0 Å². The molecule has 1 aliphatic heterocycles. The molecule has 0 aromatic carbocycles. The summed E-state index contributed by atoms with van der Waals surface area (Å²) >= 11 is 2.07. The van der Waals surface area contributed by atoms with E-state index in [1.807, 2.05) is 0 Å². The summed E-state index contributed by atoms with van der Waals surface area (Å²) in [5, 5.41) is 14.8. The molecule has 0 atom stereocenters. The van der Waals surface area contributed by atoms with Crippen LogP contribution >= 0.6 is 11.8 Å². The van der Waals surface area contributed by atoms with Gasteiger partial charge in [-0.2, -0.15) is 11.8 Å². The summed E-state index contributed by atoms with van der Waals surface area (Å²) < 4.78 is 0. The van der Waals surface area contributed by atoms with E-state index in [1.54, 1.807) is 0 Å². The van der Waals surface area contributed by atoms with Crippen LogP contribution in [0.1, 0.15) is 12.8 Å². The van der Waals surface area contributed by atoms with Crippen molar-refractivity contribution in [1.82, 2.24) is 0 Å². The smallest absolute Gasteiger partial charge is 0.356 e. The van der Waals surface area contributed by atoms with Gasteiger partial charge in [0.1, 0.15) is 0 Å². The molecule has 6 heteroatoms. The predicted molar refractivity (Wildman–Crippen MR) is 36.9 cm³/mol. The zero-order valence-electron chi connectivity index (χ0n) is 5.21. The Labute approximate surface area is 79.0 Å². The van der Waals surface area contributed by atoms with Gasteiger partial charge in [-0.1, -0.05) is 0 Å². The van der Waals surface area contributed by atoms with Crippen molar-refractivity contribution in [2.45, 2.75) is 12.8 Å². The Balaban J connectivity index is 0. The van der Waals surface area contributed by atoms with Crippen LogP contribution in [0.3, 0.4) is 0 Å². The normalized spacial score (nSPS) is 14.4. The third-order valence-corrected chi connectivity index (χ3v) is 1.98. The van der Waals surface area contributed by atoms with E-state index in [-0.39, 0.29) is 22.4 Å². The minimum Gasteiger partial charge on any atom is -0.356 e. The van der Waals surface area contributed by atoms with Crippen LogP contribution in [0.4, 0.5) is 0 Å². The molecule has 1 heterocycles. The first-order valence-electron chi connectivity index (χ1n) is 2.63. The summed E-state index contributed by atoms with van der Waals surface area (Å²) in [6, 6.07) is 0. The summed E-state index contributed by atoms with van der Waals surface area (Å²) in [5.41, 5.74) is 0. The van der Waals surface area contributed by atoms with Crippen molar-refractivity contribution < 1.29 is 27.5 Å². The maximum Gasteiger partial charge on any atom is 1.00 e. The van der Waals surface area contributed by atoms with E-state index in [1.165, 1.54) is 24.3 Å². The molecule has 0 amide bonds. The third-order valence-electron chi connectivity index (χ3n) is 0.827. The van der Waals surface area contributed by atoms with E-state index >= 15 is 0 Å². The molecule has 0 saturated carbocycles. The van der Waals surface area contributed by atoms with Gasteiger partial charge in [-0.15, -0.1) is 0 Å². The molecule has 0 radical (unpaired) electrons. The van der Waals surface area contributed by atoms with E-state index < -0.39 is 5.09 Å². The molecule has 0 aliphatic carbocycles. The number of hydrogen-bond donors (Lipinski definition) is 0. The van der Waals surface area contributed by atoms with Gasteiger partial charge in [0.05, 0.1) is 5.09 Å². The average molecular weight is 258 g/mol. The van der Waals surface area contributed by atoms with Crippen molar-refractivity contribution in [3.8, 4) is 0 Å². The molecule has 0 unspecified atom stereocenters. The zero-order chi connectivity index (χ0) is 7.11. The van der Waals surface area contributed by atoms with Gasteiger partial charge in [-0.25, -0.2) is 0 Å². The second kappa shape index (κ2) is 9.29. The van der Waals surface area contributed by atoms with E-state index in [4.69, 9.17) is 15.3 Å². The standard InChI is InChI=1S/C4H8S.Ag.NO3/c1-2-4-5-3-1;;2-1(3)4/h1-4H2;;/q;+1;-1. The van der Waals surface area contributed by atoms with Crippen molar-refractivity contribution in [1.29, 1.82) is 0 Å². The Hall–Kier alpha value is 0.290. The average Bonchev–Trinajstić information content (AvgIpc) is 2.11. The molecule has 1 aliphatic rings. The largest absolute Gasteiger partial charge is 1.00 e. The van der Waals surface area contributed by atoms with Gasteiger partial charge in [0.15, 0.2) is 0 Å². The molecule has 0 spiro atoms. The van der Waals surface area contributed by atoms with E-state index in [0.29, 0.717) is 0 Å². The first-order valence-corrected chi connectivity index (χ1v) is 3.78. The summed E-state index contributed by atoms with van der Waals surface area (Å²) in [4.78, 5) is 8.25. The Bertz CT molecular complexity index is 77.0. The van der Waals surface area contributed by atoms with E-state index in [9.17, 15) is 0 Å². The van der Waals surface area contributed by atoms with Crippen molar-refractivity contribution in [3.05, 3.63) is 15.3 Å². The Morgan fingerprint density at radius 1 is 1.20 bits per heavy atom. The molecule has 1 rings (SSSR count). The fraction of sp³-hybridized carbons (Fsp3) is 1.00. The number of nitrogens with zero attached hydrogens (tertiary/aromatic N) is 1. The Morgan fingerprint density at radius 3 is 1.60 bits per heavy atom. The summed E-state index contributed by atoms with van der Waals surface area (Å²) in [7, 11) is 0. The van der Waals surface area contributed by atoms with E-state index in [0.717, 1.165) is 0 Å². The van der Waals surface area contributed by atoms with Crippen LogP contribution < -0.4 is 0 Å². The van der Waals surface area contributed by atoms with Crippen LogP contribution in [0.15, 0.2) is 0 Å². The van der Waals surface area contributed by atoms with Gasteiger partial charge in [0, 0.05) is 0 Å². The first-order chi connectivity index (χ1) is 4.23. The number of rotatable bonds is 0. The molecule has 1 fully saturated rings. The zero-order valence-corrected chi connectivity index (χ0v) is 7.51. The summed E-state index contributed by atoms with van der Waals surface area (Å²) in [6.07, 6.45) is 2.93. The molecule has 0 bridgehead atoms. The predicted octanol–water partition coefficient (Wildman–Crippen LogP) is 1.27. The molecule has 0 aromatic rings. The van der Waals surface area contributed by atoms with Crippen LogP contribution in [0, 0.1) is 15.3 Å². The monoisotopic (exact) mass is 257 g/mol. The van der Waals surface area contributed by atoms with Gasteiger partial charge in [0.25, 0.3) is 0 Å². The minimum atomic E-state index is -1.75. The SMILES string of the molecule is C1CCSC1.O=[N+]([O-])[O-].[Ag+]. The topological polar surface area (TPSA) is 66.2 Å². The molecule has 0 aromatic heterocycles. The fourth-order valence-corrected chi connectivity index (χ4v) is 1.53. The maximum atomic E-state index is 8.25.